The molecule has 8 nitrogen and oxygen atoms in total. The summed E-state index contributed by atoms with van der Waals surface area (Å²) in [5, 5.41) is 9.84. The smallest absolute Gasteiger partial charge is 0.264 e. The molecule has 0 saturated carbocycles. The monoisotopic (exact) mass is 266 g/mol. The van der Waals surface area contributed by atoms with Crippen LogP contribution in [-0.4, -0.2) is 35.6 Å². The minimum absolute atomic E-state index is 0.0642. The van der Waals surface area contributed by atoms with Crippen molar-refractivity contribution in [3.05, 3.63) is 30.7 Å². The van der Waals surface area contributed by atoms with Gasteiger partial charge in [-0.3, -0.25) is 0 Å². The molecular formula is C9H10N6O2S. The molecule has 0 aliphatic carbocycles. The SMILES string of the molecule is CNc1cc(S(=O)(=O)Nc2nccnn2)ccn1. The van der Waals surface area contributed by atoms with Crippen molar-refractivity contribution in [1.82, 2.24) is 20.2 Å². The fourth-order valence-corrected chi connectivity index (χ4v) is 2.15. The fraction of sp³-hybridized carbons (Fsp3) is 0.111. The first kappa shape index (κ1) is 12.2. The largest absolute Gasteiger partial charge is 0.373 e. The first-order chi connectivity index (χ1) is 8.62. The van der Waals surface area contributed by atoms with E-state index in [9.17, 15) is 8.42 Å². The second-order valence-corrected chi connectivity index (χ2v) is 4.88. The quantitative estimate of drug-likeness (QED) is 0.808. The van der Waals surface area contributed by atoms with Crippen molar-refractivity contribution < 1.29 is 8.42 Å². The predicted octanol–water partition coefficient (Wildman–Crippen LogP) is 0.109. The van der Waals surface area contributed by atoms with E-state index in [0.29, 0.717) is 5.82 Å². The summed E-state index contributed by atoms with van der Waals surface area (Å²) in [4.78, 5) is 7.73. The Kier molecular flexibility index (Phi) is 3.33. The summed E-state index contributed by atoms with van der Waals surface area (Å²) in [7, 11) is -2.09. The van der Waals surface area contributed by atoms with E-state index in [1.807, 2.05) is 0 Å². The molecule has 2 aromatic heterocycles. The summed E-state index contributed by atoms with van der Waals surface area (Å²) in [5.41, 5.74) is 0. The van der Waals surface area contributed by atoms with Gasteiger partial charge in [0.15, 0.2) is 0 Å². The first-order valence-corrected chi connectivity index (χ1v) is 6.40. The number of aromatic nitrogens is 4. The van der Waals surface area contributed by atoms with Crippen LogP contribution in [0.5, 0.6) is 0 Å². The molecule has 0 unspecified atom stereocenters. The molecule has 0 aromatic carbocycles. The summed E-state index contributed by atoms with van der Waals surface area (Å²) < 4.78 is 26.2. The average molecular weight is 266 g/mol. The normalized spacial score (nSPS) is 10.9. The molecule has 0 aliphatic heterocycles. The Morgan fingerprint density at radius 3 is 2.67 bits per heavy atom. The highest BCUT2D eigenvalue weighted by Crippen LogP contribution is 2.14. The minimum Gasteiger partial charge on any atom is -0.373 e. The fourth-order valence-electron chi connectivity index (χ4n) is 1.19. The Morgan fingerprint density at radius 2 is 2.00 bits per heavy atom. The maximum absolute atomic E-state index is 12.0. The molecule has 2 heterocycles. The van der Waals surface area contributed by atoms with Gasteiger partial charge in [0.1, 0.15) is 5.82 Å². The van der Waals surface area contributed by atoms with E-state index >= 15 is 0 Å². The van der Waals surface area contributed by atoms with E-state index in [1.54, 1.807) is 7.05 Å². The van der Waals surface area contributed by atoms with Crippen LogP contribution in [-0.2, 0) is 10.0 Å². The molecule has 0 radical (unpaired) electrons. The molecule has 18 heavy (non-hydrogen) atoms. The highest BCUT2D eigenvalue weighted by molar-refractivity contribution is 7.92. The molecule has 0 fully saturated rings. The van der Waals surface area contributed by atoms with Gasteiger partial charge >= 0.3 is 0 Å². The molecule has 2 N–H and O–H groups in total. The van der Waals surface area contributed by atoms with Gasteiger partial charge in [0.2, 0.25) is 0 Å². The van der Waals surface area contributed by atoms with Crippen molar-refractivity contribution in [3.8, 4) is 0 Å². The maximum atomic E-state index is 12.0. The Hall–Kier alpha value is -2.29. The zero-order valence-corrected chi connectivity index (χ0v) is 10.2. The van der Waals surface area contributed by atoms with Crippen molar-refractivity contribution in [2.45, 2.75) is 4.90 Å². The number of hydrogen-bond acceptors (Lipinski definition) is 7. The Morgan fingerprint density at radius 1 is 1.17 bits per heavy atom. The lowest BCUT2D eigenvalue weighted by Gasteiger charge is -2.06. The number of pyridine rings is 1. The third kappa shape index (κ3) is 2.69. The number of sulfonamides is 1. The lowest BCUT2D eigenvalue weighted by molar-refractivity contribution is 0.600. The van der Waals surface area contributed by atoms with Crippen molar-refractivity contribution in [2.75, 3.05) is 17.1 Å². The number of rotatable bonds is 4. The first-order valence-electron chi connectivity index (χ1n) is 4.92. The topological polar surface area (TPSA) is 110 Å². The van der Waals surface area contributed by atoms with E-state index in [1.165, 1.54) is 30.7 Å². The molecular weight excluding hydrogens is 256 g/mol. The Balaban J connectivity index is 2.31. The van der Waals surface area contributed by atoms with E-state index in [4.69, 9.17) is 0 Å². The van der Waals surface area contributed by atoms with Gasteiger partial charge in [-0.25, -0.2) is 23.1 Å². The van der Waals surface area contributed by atoms with Crippen LogP contribution in [0, 0.1) is 0 Å². The zero-order chi connectivity index (χ0) is 13.0. The number of nitrogens with zero attached hydrogens (tertiary/aromatic N) is 4. The van der Waals surface area contributed by atoms with Crippen LogP contribution in [0.15, 0.2) is 35.6 Å². The van der Waals surface area contributed by atoms with Gasteiger partial charge in [-0.1, -0.05) is 0 Å². The molecule has 0 bridgehead atoms. The highest BCUT2D eigenvalue weighted by Gasteiger charge is 2.16. The van der Waals surface area contributed by atoms with Crippen LogP contribution in [0.25, 0.3) is 0 Å². The predicted molar refractivity (Wildman–Crippen MR) is 64.4 cm³/mol. The van der Waals surface area contributed by atoms with Gasteiger partial charge in [0, 0.05) is 19.3 Å². The van der Waals surface area contributed by atoms with Gasteiger partial charge < -0.3 is 5.32 Å². The second kappa shape index (κ2) is 4.92. The summed E-state index contributed by atoms with van der Waals surface area (Å²) in [6.07, 6.45) is 4.09. The third-order valence-electron chi connectivity index (χ3n) is 2.01. The number of nitrogens with one attached hydrogen (secondary N) is 2. The third-order valence-corrected chi connectivity index (χ3v) is 3.33. The van der Waals surface area contributed by atoms with Gasteiger partial charge in [-0.2, -0.15) is 5.10 Å². The van der Waals surface area contributed by atoms with E-state index in [2.05, 4.69) is 30.2 Å². The van der Waals surface area contributed by atoms with Crippen LogP contribution in [0.3, 0.4) is 0 Å². The number of hydrogen-bond donors (Lipinski definition) is 2. The lowest BCUT2D eigenvalue weighted by atomic mass is 10.5. The Bertz CT molecular complexity index is 631. The minimum atomic E-state index is -3.74. The van der Waals surface area contributed by atoms with Gasteiger partial charge in [0.05, 0.1) is 17.3 Å². The van der Waals surface area contributed by atoms with E-state index in [0.717, 1.165) is 0 Å². The van der Waals surface area contributed by atoms with Crippen molar-refractivity contribution >= 4 is 21.8 Å². The van der Waals surface area contributed by atoms with Crippen LogP contribution in [0.2, 0.25) is 0 Å². The standard InChI is InChI=1S/C9H10N6O2S/c1-10-8-6-7(2-3-11-8)18(16,17)15-9-12-4-5-13-14-9/h2-6H,1H3,(H,10,11)(H,12,14,15). The molecule has 0 aliphatic rings. The van der Waals surface area contributed by atoms with Crippen LogP contribution in [0.1, 0.15) is 0 Å². The van der Waals surface area contributed by atoms with Gasteiger partial charge in [-0.05, 0) is 6.07 Å². The highest BCUT2D eigenvalue weighted by atomic mass is 32.2. The molecule has 94 valence electrons. The molecule has 2 aromatic rings. The van der Waals surface area contributed by atoms with E-state index in [-0.39, 0.29) is 10.8 Å². The molecule has 0 spiro atoms. The summed E-state index contributed by atoms with van der Waals surface area (Å²) in [6.45, 7) is 0. The zero-order valence-electron chi connectivity index (χ0n) is 9.40. The molecule has 0 atom stereocenters. The second-order valence-electron chi connectivity index (χ2n) is 3.20. The molecule has 9 heteroatoms. The van der Waals surface area contributed by atoms with Crippen LogP contribution >= 0.6 is 0 Å². The van der Waals surface area contributed by atoms with Gasteiger partial charge in [0.25, 0.3) is 16.0 Å². The lowest BCUT2D eigenvalue weighted by Crippen LogP contribution is -2.15. The van der Waals surface area contributed by atoms with Crippen LogP contribution < -0.4 is 10.0 Å². The summed E-state index contributed by atoms with van der Waals surface area (Å²) in [5.74, 6) is 0.366. The average Bonchev–Trinajstić information content (AvgIpc) is 2.39. The van der Waals surface area contributed by atoms with E-state index < -0.39 is 10.0 Å². The molecule has 2 rings (SSSR count). The van der Waals surface area contributed by atoms with Crippen molar-refractivity contribution in [3.63, 3.8) is 0 Å². The van der Waals surface area contributed by atoms with Crippen molar-refractivity contribution in [2.24, 2.45) is 0 Å². The number of anilines is 2. The van der Waals surface area contributed by atoms with Crippen molar-refractivity contribution in [1.29, 1.82) is 0 Å². The van der Waals surface area contributed by atoms with Gasteiger partial charge in [-0.15, -0.1) is 5.10 Å². The van der Waals surface area contributed by atoms with Crippen LogP contribution in [0.4, 0.5) is 11.8 Å². The summed E-state index contributed by atoms with van der Waals surface area (Å²) in [6, 6.07) is 2.78. The molecule has 0 saturated heterocycles. The maximum Gasteiger partial charge on any atom is 0.264 e. The molecule has 0 amide bonds. The Labute approximate surface area is 104 Å². The summed E-state index contributed by atoms with van der Waals surface area (Å²) >= 11 is 0.